The first-order valence-corrected chi connectivity index (χ1v) is 28.5. The van der Waals surface area contributed by atoms with Crippen molar-refractivity contribution >= 4 is 11.9 Å². The summed E-state index contributed by atoms with van der Waals surface area (Å²) >= 11 is 0. The van der Waals surface area contributed by atoms with E-state index in [2.05, 4.69) is 62.5 Å². The molecule has 7 N–H and O–H groups in total. The summed E-state index contributed by atoms with van der Waals surface area (Å²) in [5.41, 5.74) is 0. The molecule has 0 aromatic carbocycles. The van der Waals surface area contributed by atoms with E-state index in [4.69, 9.17) is 28.4 Å². The van der Waals surface area contributed by atoms with E-state index in [0.29, 0.717) is 12.8 Å². The molecule has 11 unspecified atom stereocenters. The number of esters is 2. The minimum Gasteiger partial charge on any atom is -0.462 e. The quantitative estimate of drug-likeness (QED) is 0.0171. The first-order chi connectivity index (χ1) is 36.0. The second-order valence-corrected chi connectivity index (χ2v) is 19.7. The molecule has 0 aliphatic carbocycles. The van der Waals surface area contributed by atoms with Crippen molar-refractivity contribution < 1.29 is 73.8 Å². The number of hydrogen-bond donors (Lipinski definition) is 7. The molecule has 426 valence electrons. The Morgan fingerprint density at radius 3 is 1.39 bits per heavy atom. The third-order valence-corrected chi connectivity index (χ3v) is 13.2. The van der Waals surface area contributed by atoms with Gasteiger partial charge in [-0.15, -0.1) is 0 Å². The normalized spacial score (nSPS) is 25.2. The van der Waals surface area contributed by atoms with Crippen molar-refractivity contribution in [1.82, 2.24) is 0 Å². The van der Waals surface area contributed by atoms with Crippen molar-refractivity contribution in [2.24, 2.45) is 0 Å². The van der Waals surface area contributed by atoms with Crippen LogP contribution in [0, 0.1) is 0 Å². The van der Waals surface area contributed by atoms with Gasteiger partial charge in [-0.25, -0.2) is 0 Å². The van der Waals surface area contributed by atoms with Crippen molar-refractivity contribution in [3.05, 3.63) is 72.9 Å². The Labute approximate surface area is 444 Å². The summed E-state index contributed by atoms with van der Waals surface area (Å²) in [6.07, 6.45) is 38.2. The van der Waals surface area contributed by atoms with Crippen LogP contribution >= 0.6 is 0 Å². The van der Waals surface area contributed by atoms with Gasteiger partial charge in [0.2, 0.25) is 0 Å². The predicted molar refractivity (Wildman–Crippen MR) is 289 cm³/mol. The molecule has 0 radical (unpaired) electrons. The van der Waals surface area contributed by atoms with Gasteiger partial charge in [0.25, 0.3) is 0 Å². The van der Waals surface area contributed by atoms with E-state index in [0.717, 1.165) is 44.9 Å². The average molecular weight is 1050 g/mol. The van der Waals surface area contributed by atoms with Gasteiger partial charge in [-0.3, -0.25) is 9.59 Å². The Morgan fingerprint density at radius 1 is 0.459 bits per heavy atom. The molecular weight excluding hydrogens is 949 g/mol. The van der Waals surface area contributed by atoms with Crippen LogP contribution in [0.3, 0.4) is 0 Å². The fourth-order valence-corrected chi connectivity index (χ4v) is 8.58. The molecule has 0 bridgehead atoms. The van der Waals surface area contributed by atoms with Gasteiger partial charge in [-0.05, 0) is 64.2 Å². The number of carbonyl (C=O) groups excluding carboxylic acids is 2. The minimum atomic E-state index is -1.78. The maximum absolute atomic E-state index is 13.0. The zero-order chi connectivity index (χ0) is 53.9. The highest BCUT2D eigenvalue weighted by Gasteiger charge is 2.47. The van der Waals surface area contributed by atoms with E-state index >= 15 is 0 Å². The summed E-state index contributed by atoms with van der Waals surface area (Å²) in [5, 5.41) is 72.2. The largest absolute Gasteiger partial charge is 0.462 e. The Morgan fingerprint density at radius 2 is 0.892 bits per heavy atom. The maximum atomic E-state index is 13.0. The van der Waals surface area contributed by atoms with Crippen LogP contribution in [-0.2, 0) is 38.0 Å². The van der Waals surface area contributed by atoms with E-state index in [-0.39, 0.29) is 19.4 Å². The lowest BCUT2D eigenvalue weighted by Gasteiger charge is -2.42. The monoisotopic (exact) mass is 1050 g/mol. The van der Waals surface area contributed by atoms with Gasteiger partial charge in [-0.2, -0.15) is 0 Å². The number of allylic oxidation sites excluding steroid dienone is 11. The molecule has 0 saturated carbocycles. The highest BCUT2D eigenvalue weighted by Crippen LogP contribution is 2.26. The molecule has 11 atom stereocenters. The Kier molecular flexibility index (Phi) is 40.8. The number of carbonyl (C=O) groups is 2. The molecule has 15 nitrogen and oxygen atoms in total. The molecule has 2 fully saturated rings. The van der Waals surface area contributed by atoms with Gasteiger partial charge in [-0.1, -0.05) is 189 Å². The van der Waals surface area contributed by atoms with Crippen LogP contribution in [0.5, 0.6) is 0 Å². The smallest absolute Gasteiger partial charge is 0.310 e. The van der Waals surface area contributed by atoms with Crippen LogP contribution in [0.15, 0.2) is 72.9 Å². The zero-order valence-electron chi connectivity index (χ0n) is 45.3. The average Bonchev–Trinajstić information content (AvgIpc) is 3.39. The van der Waals surface area contributed by atoms with Crippen molar-refractivity contribution in [3.63, 3.8) is 0 Å². The summed E-state index contributed by atoms with van der Waals surface area (Å²) in [6.45, 7) is 2.38. The van der Waals surface area contributed by atoms with Crippen molar-refractivity contribution in [2.45, 2.75) is 261 Å². The lowest BCUT2D eigenvalue weighted by molar-refractivity contribution is -0.332. The van der Waals surface area contributed by atoms with Crippen LogP contribution in [0.4, 0.5) is 0 Å². The van der Waals surface area contributed by atoms with Crippen LogP contribution < -0.4 is 0 Å². The number of aliphatic hydroxyl groups is 7. The SMILES string of the molecule is CC/C=C\C/C=C\C/C=C\C/C=C\C/C=C\CC(=O)OC(COC(=O)CCCCCCCCCCCCC/C=C\CCCCCCCCCC)COC1OC(COC2OC(CO)C(O)C(O)C2O)C(O)C(O)C1O. The molecule has 0 aromatic rings. The fourth-order valence-electron chi connectivity index (χ4n) is 8.58. The topological polar surface area (TPSA) is 231 Å². The lowest BCUT2D eigenvalue weighted by atomic mass is 9.98. The summed E-state index contributed by atoms with van der Waals surface area (Å²) < 4.78 is 33.5. The Bertz CT molecular complexity index is 1560. The summed E-state index contributed by atoms with van der Waals surface area (Å²) in [5.74, 6) is -1.07. The van der Waals surface area contributed by atoms with E-state index in [1.165, 1.54) is 109 Å². The zero-order valence-corrected chi connectivity index (χ0v) is 45.3. The second kappa shape index (κ2) is 45.0. The van der Waals surface area contributed by atoms with Crippen LogP contribution in [-0.4, -0.2) is 142 Å². The highest BCUT2D eigenvalue weighted by atomic mass is 16.7. The standard InChI is InChI=1S/C59H100O15/c1-3-5-7-9-11-13-15-17-19-20-21-22-23-24-25-26-28-29-31-33-35-37-39-41-50(61)69-44-47(72-51(62)42-40-38-36-34-32-30-27-18-16-14-12-10-8-6-4-2)45-70-58-57(68)55(66)53(64)49(74-58)46-71-59-56(67)54(65)52(63)48(43-60)73-59/h6,8,12,14,18,20-21,27,32,34,38,40,47-49,52-60,63-68H,3-5,7,9-11,13,15-17,19,22-26,28-31,33,35-37,39,41-46H2,1-2H3/b8-6-,14-12-,21-20-,27-18-,34-32-,40-38-. The molecule has 2 aliphatic rings. The van der Waals surface area contributed by atoms with Gasteiger partial charge in [0.1, 0.15) is 55.4 Å². The molecule has 74 heavy (non-hydrogen) atoms. The fraction of sp³-hybridized carbons (Fsp3) is 0.763. The number of rotatable bonds is 44. The van der Waals surface area contributed by atoms with E-state index in [9.17, 15) is 45.3 Å². The van der Waals surface area contributed by atoms with Gasteiger partial charge < -0.3 is 64.2 Å². The number of unbranched alkanes of at least 4 members (excludes halogenated alkanes) is 19. The number of hydrogen-bond acceptors (Lipinski definition) is 15. The number of ether oxygens (including phenoxy) is 6. The van der Waals surface area contributed by atoms with Gasteiger partial charge in [0, 0.05) is 6.42 Å². The first-order valence-electron chi connectivity index (χ1n) is 28.5. The lowest BCUT2D eigenvalue weighted by Crippen LogP contribution is -2.61. The highest BCUT2D eigenvalue weighted by molar-refractivity contribution is 5.71. The summed E-state index contributed by atoms with van der Waals surface area (Å²) in [4.78, 5) is 25.8. The molecular formula is C59H100O15. The van der Waals surface area contributed by atoms with E-state index in [1.54, 1.807) is 6.08 Å². The molecule has 0 amide bonds. The molecule has 2 aliphatic heterocycles. The maximum Gasteiger partial charge on any atom is 0.310 e. The molecule has 2 saturated heterocycles. The van der Waals surface area contributed by atoms with Crippen molar-refractivity contribution in [1.29, 1.82) is 0 Å². The molecule has 0 aromatic heterocycles. The molecule has 0 spiro atoms. The molecule has 15 heteroatoms. The second-order valence-electron chi connectivity index (χ2n) is 19.7. The summed E-state index contributed by atoms with van der Waals surface area (Å²) in [7, 11) is 0. The van der Waals surface area contributed by atoms with E-state index < -0.39 is 99.3 Å². The van der Waals surface area contributed by atoms with E-state index in [1.807, 2.05) is 18.2 Å². The molecule has 2 rings (SSSR count). The van der Waals surface area contributed by atoms with Gasteiger partial charge in [0.15, 0.2) is 18.7 Å². The third kappa shape index (κ3) is 31.9. The Hall–Kier alpha value is -3.06. The van der Waals surface area contributed by atoms with Crippen molar-refractivity contribution in [2.75, 3.05) is 26.4 Å². The van der Waals surface area contributed by atoms with Gasteiger partial charge >= 0.3 is 11.9 Å². The number of aliphatic hydroxyl groups excluding tert-OH is 7. The Balaban J connectivity index is 1.76. The third-order valence-electron chi connectivity index (χ3n) is 13.2. The minimum absolute atomic E-state index is 0.0693. The van der Waals surface area contributed by atoms with Gasteiger partial charge in [0.05, 0.1) is 26.2 Å². The summed E-state index contributed by atoms with van der Waals surface area (Å²) in [6, 6.07) is 0. The predicted octanol–water partition coefficient (Wildman–Crippen LogP) is 9.38. The van der Waals surface area contributed by atoms with Crippen molar-refractivity contribution in [3.8, 4) is 0 Å². The first kappa shape index (κ1) is 67.1. The van der Waals surface area contributed by atoms with Crippen LogP contribution in [0.1, 0.15) is 194 Å². The molecule has 2 heterocycles. The van der Waals surface area contributed by atoms with Crippen LogP contribution in [0.25, 0.3) is 0 Å². The van der Waals surface area contributed by atoms with Crippen LogP contribution in [0.2, 0.25) is 0 Å².